The van der Waals surface area contributed by atoms with E-state index in [0.717, 1.165) is 21.5 Å². The molecular formula is C8H7BrOS. The number of rotatable bonds is 0. The normalized spacial score (nSPS) is 21.7. The maximum absolute atomic E-state index is 11.3. The first-order valence-corrected chi connectivity index (χ1v) is 5.55. The Bertz CT molecular complexity index is 322. The van der Waals surface area contributed by atoms with Crippen molar-refractivity contribution in [2.45, 2.75) is 11.3 Å². The summed E-state index contributed by atoms with van der Waals surface area (Å²) in [4.78, 5) is 1.01. The van der Waals surface area contributed by atoms with Crippen molar-refractivity contribution in [3.05, 3.63) is 28.2 Å². The summed E-state index contributed by atoms with van der Waals surface area (Å²) < 4.78 is 12.3. The number of hydrogen-bond donors (Lipinski definition) is 0. The fourth-order valence-corrected chi connectivity index (χ4v) is 3.12. The summed E-state index contributed by atoms with van der Waals surface area (Å²) in [6.07, 6.45) is 0.967. The van der Waals surface area contributed by atoms with Crippen LogP contribution >= 0.6 is 15.9 Å². The lowest BCUT2D eigenvalue weighted by atomic mass is 10.2. The zero-order valence-electron chi connectivity index (χ0n) is 5.84. The Kier molecular flexibility index (Phi) is 1.85. The number of hydrogen-bond acceptors (Lipinski definition) is 1. The van der Waals surface area contributed by atoms with Crippen LogP contribution in [0.1, 0.15) is 5.56 Å². The lowest BCUT2D eigenvalue weighted by molar-refractivity contribution is 0.685. The predicted octanol–water partition coefficient (Wildman–Crippen LogP) is 2.11. The van der Waals surface area contributed by atoms with Crippen molar-refractivity contribution in [1.29, 1.82) is 0 Å². The van der Waals surface area contributed by atoms with E-state index < -0.39 is 10.8 Å². The Morgan fingerprint density at radius 2 is 2.27 bits per heavy atom. The monoisotopic (exact) mass is 230 g/mol. The highest BCUT2D eigenvalue weighted by molar-refractivity contribution is 9.10. The van der Waals surface area contributed by atoms with Crippen LogP contribution in [0.3, 0.4) is 0 Å². The summed E-state index contributed by atoms with van der Waals surface area (Å²) in [6, 6.07) is 6.00. The molecule has 0 spiro atoms. The van der Waals surface area contributed by atoms with Gasteiger partial charge in [0.25, 0.3) is 0 Å². The molecule has 0 N–H and O–H groups in total. The molecule has 1 heterocycles. The lowest BCUT2D eigenvalue weighted by Crippen LogP contribution is -1.86. The second kappa shape index (κ2) is 2.72. The van der Waals surface area contributed by atoms with Crippen molar-refractivity contribution in [3.8, 4) is 0 Å². The molecule has 11 heavy (non-hydrogen) atoms. The van der Waals surface area contributed by atoms with Gasteiger partial charge in [-0.1, -0.05) is 22.0 Å². The van der Waals surface area contributed by atoms with Crippen LogP contribution in [0.15, 0.2) is 27.6 Å². The molecule has 0 aromatic heterocycles. The van der Waals surface area contributed by atoms with Crippen molar-refractivity contribution >= 4 is 26.7 Å². The van der Waals surface area contributed by atoms with Gasteiger partial charge in [0.1, 0.15) is 0 Å². The van der Waals surface area contributed by atoms with Gasteiger partial charge in [-0.2, -0.15) is 0 Å². The molecule has 0 amide bonds. The van der Waals surface area contributed by atoms with Crippen molar-refractivity contribution in [3.63, 3.8) is 0 Å². The fraction of sp³-hybridized carbons (Fsp3) is 0.250. The molecule has 2 rings (SSSR count). The van der Waals surface area contributed by atoms with Crippen LogP contribution in [-0.2, 0) is 17.2 Å². The van der Waals surface area contributed by atoms with E-state index in [9.17, 15) is 4.21 Å². The second-order valence-corrected chi connectivity index (χ2v) is 5.01. The topological polar surface area (TPSA) is 17.1 Å². The quantitative estimate of drug-likeness (QED) is 0.668. The maximum Gasteiger partial charge on any atom is 0.0536 e. The Hall–Kier alpha value is -0.150. The van der Waals surface area contributed by atoms with Gasteiger partial charge in [0.2, 0.25) is 0 Å². The summed E-state index contributed by atoms with van der Waals surface area (Å²) in [7, 11) is -0.738. The third kappa shape index (κ3) is 1.27. The molecule has 1 aromatic rings. The average Bonchev–Trinajstić information content (AvgIpc) is 2.33. The van der Waals surface area contributed by atoms with Gasteiger partial charge in [0.05, 0.1) is 10.8 Å². The molecule has 0 aliphatic carbocycles. The number of fused-ring (bicyclic) bond motifs is 1. The van der Waals surface area contributed by atoms with Gasteiger partial charge in [0, 0.05) is 15.1 Å². The van der Waals surface area contributed by atoms with Gasteiger partial charge >= 0.3 is 0 Å². The summed E-state index contributed by atoms with van der Waals surface area (Å²) >= 11 is 3.36. The second-order valence-electron chi connectivity index (χ2n) is 2.55. The first kappa shape index (κ1) is 7.50. The molecule has 0 radical (unpaired) electrons. The fourth-order valence-electron chi connectivity index (χ4n) is 1.26. The molecule has 0 saturated carbocycles. The van der Waals surface area contributed by atoms with Crippen LogP contribution in [0.25, 0.3) is 0 Å². The Morgan fingerprint density at radius 3 is 3.09 bits per heavy atom. The average molecular weight is 231 g/mol. The molecule has 1 atom stereocenters. The summed E-state index contributed by atoms with van der Waals surface area (Å²) in [5.41, 5.74) is 1.24. The van der Waals surface area contributed by atoms with E-state index in [2.05, 4.69) is 15.9 Å². The highest BCUT2D eigenvalue weighted by Crippen LogP contribution is 2.25. The Labute approximate surface area is 76.4 Å². The SMILES string of the molecule is O=S1CCc2ccc(Br)cc21. The van der Waals surface area contributed by atoms with Crippen LogP contribution in [0.5, 0.6) is 0 Å². The van der Waals surface area contributed by atoms with Crippen molar-refractivity contribution < 1.29 is 4.21 Å². The molecule has 1 nitrogen and oxygen atoms in total. The van der Waals surface area contributed by atoms with E-state index in [-0.39, 0.29) is 0 Å². The van der Waals surface area contributed by atoms with Crippen molar-refractivity contribution in [2.24, 2.45) is 0 Å². The maximum atomic E-state index is 11.3. The minimum Gasteiger partial charge on any atom is -0.254 e. The van der Waals surface area contributed by atoms with Crippen LogP contribution in [0.4, 0.5) is 0 Å². The van der Waals surface area contributed by atoms with E-state index in [4.69, 9.17) is 0 Å². The molecule has 1 aliphatic heterocycles. The van der Waals surface area contributed by atoms with E-state index in [1.165, 1.54) is 5.56 Å². The molecule has 1 aliphatic rings. The third-order valence-electron chi connectivity index (χ3n) is 1.83. The minimum absolute atomic E-state index is 0.738. The van der Waals surface area contributed by atoms with Crippen LogP contribution in [-0.4, -0.2) is 9.96 Å². The van der Waals surface area contributed by atoms with E-state index >= 15 is 0 Å². The van der Waals surface area contributed by atoms with E-state index in [1.807, 2.05) is 18.2 Å². The first-order valence-electron chi connectivity index (χ1n) is 3.44. The lowest BCUT2D eigenvalue weighted by Gasteiger charge is -1.96. The molecule has 0 bridgehead atoms. The summed E-state index contributed by atoms with van der Waals surface area (Å²) in [6.45, 7) is 0. The van der Waals surface area contributed by atoms with E-state index in [1.54, 1.807) is 0 Å². The molecule has 1 aromatic carbocycles. The van der Waals surface area contributed by atoms with Gasteiger partial charge in [0.15, 0.2) is 0 Å². The van der Waals surface area contributed by atoms with Gasteiger partial charge in [-0.3, -0.25) is 4.21 Å². The molecule has 0 saturated heterocycles. The standard InChI is InChI=1S/C8H7BrOS/c9-7-2-1-6-3-4-11(10)8(6)5-7/h1-2,5H,3-4H2. The molecule has 1 unspecified atom stereocenters. The predicted molar refractivity (Wildman–Crippen MR) is 49.1 cm³/mol. The summed E-state index contributed by atoms with van der Waals surface area (Å²) in [5, 5.41) is 0. The highest BCUT2D eigenvalue weighted by atomic mass is 79.9. The van der Waals surface area contributed by atoms with E-state index in [0.29, 0.717) is 0 Å². The number of aryl methyl sites for hydroxylation is 1. The van der Waals surface area contributed by atoms with Crippen LogP contribution < -0.4 is 0 Å². The smallest absolute Gasteiger partial charge is 0.0536 e. The minimum atomic E-state index is -0.738. The van der Waals surface area contributed by atoms with Gasteiger partial charge in [-0.25, -0.2) is 0 Å². The van der Waals surface area contributed by atoms with Gasteiger partial charge in [-0.15, -0.1) is 0 Å². The summed E-state index contributed by atoms with van der Waals surface area (Å²) in [5.74, 6) is 0.797. The molecule has 58 valence electrons. The first-order chi connectivity index (χ1) is 5.27. The van der Waals surface area contributed by atoms with Crippen LogP contribution in [0.2, 0.25) is 0 Å². The zero-order valence-corrected chi connectivity index (χ0v) is 8.24. The largest absolute Gasteiger partial charge is 0.254 e. The molecule has 3 heteroatoms. The Morgan fingerprint density at radius 1 is 1.45 bits per heavy atom. The number of halogens is 1. The third-order valence-corrected chi connectivity index (χ3v) is 3.77. The van der Waals surface area contributed by atoms with Crippen LogP contribution in [0, 0.1) is 0 Å². The van der Waals surface area contributed by atoms with Gasteiger partial charge in [-0.05, 0) is 24.1 Å². The zero-order chi connectivity index (χ0) is 7.84. The molecule has 0 fully saturated rings. The highest BCUT2D eigenvalue weighted by Gasteiger charge is 2.17. The van der Waals surface area contributed by atoms with Crippen molar-refractivity contribution in [2.75, 3.05) is 5.75 Å². The molecular weight excluding hydrogens is 224 g/mol. The van der Waals surface area contributed by atoms with Crippen molar-refractivity contribution in [1.82, 2.24) is 0 Å². The Balaban J connectivity index is 2.60. The number of benzene rings is 1. The van der Waals surface area contributed by atoms with Gasteiger partial charge < -0.3 is 0 Å².